The van der Waals surface area contributed by atoms with Crippen LogP contribution < -0.4 is 11.2 Å². The summed E-state index contributed by atoms with van der Waals surface area (Å²) in [4.78, 5) is 26.8. The summed E-state index contributed by atoms with van der Waals surface area (Å²) in [6.45, 7) is 1.90. The number of halogens is 3. The van der Waals surface area contributed by atoms with Gasteiger partial charge in [0.15, 0.2) is 0 Å². The number of hydrogen-bond donors (Lipinski definition) is 1. The van der Waals surface area contributed by atoms with E-state index >= 15 is 0 Å². The minimum atomic E-state index is -0.660. The van der Waals surface area contributed by atoms with Gasteiger partial charge in [-0.1, -0.05) is 24.9 Å². The molecule has 20 heavy (non-hydrogen) atoms. The molecule has 0 aliphatic heterocycles. The predicted molar refractivity (Wildman–Crippen MR) is 79.3 cm³/mol. The number of aromatic amines is 1. The maximum atomic E-state index is 13.1. The van der Waals surface area contributed by atoms with Crippen molar-refractivity contribution >= 4 is 27.5 Å². The summed E-state index contributed by atoms with van der Waals surface area (Å²) in [6, 6.07) is 3.73. The summed E-state index contributed by atoms with van der Waals surface area (Å²) in [5.74, 6) is -0.465. The molecule has 0 radical (unpaired) electrons. The van der Waals surface area contributed by atoms with E-state index in [1.165, 1.54) is 18.2 Å². The van der Waals surface area contributed by atoms with Crippen LogP contribution in [0.5, 0.6) is 0 Å². The Morgan fingerprint density at radius 2 is 2.10 bits per heavy atom. The number of rotatable bonds is 3. The zero-order chi connectivity index (χ0) is 14.9. The van der Waals surface area contributed by atoms with E-state index in [0.29, 0.717) is 22.9 Å². The van der Waals surface area contributed by atoms with Crippen molar-refractivity contribution in [3.8, 4) is 5.69 Å². The molecule has 0 aliphatic rings. The van der Waals surface area contributed by atoms with Gasteiger partial charge < -0.3 is 0 Å². The highest BCUT2D eigenvalue weighted by Crippen LogP contribution is 2.20. The molecule has 4 nitrogen and oxygen atoms in total. The Bertz CT molecular complexity index is 770. The monoisotopic (exact) mass is 360 g/mol. The first-order valence-electron chi connectivity index (χ1n) is 5.94. The van der Waals surface area contributed by atoms with E-state index < -0.39 is 17.1 Å². The molecule has 1 N–H and O–H groups in total. The van der Waals surface area contributed by atoms with Crippen molar-refractivity contribution in [3.63, 3.8) is 0 Å². The summed E-state index contributed by atoms with van der Waals surface area (Å²) in [5, 5.41) is 0.0522. The summed E-state index contributed by atoms with van der Waals surface area (Å²) >= 11 is 9.05. The Kier molecular flexibility index (Phi) is 4.45. The van der Waals surface area contributed by atoms with Crippen LogP contribution in [-0.4, -0.2) is 9.55 Å². The first kappa shape index (κ1) is 15.0. The highest BCUT2D eigenvalue weighted by atomic mass is 79.9. The van der Waals surface area contributed by atoms with E-state index in [9.17, 15) is 14.0 Å². The predicted octanol–water partition coefficient (Wildman–Crippen LogP) is 3.03. The lowest BCUT2D eigenvalue weighted by atomic mass is 10.2. The van der Waals surface area contributed by atoms with Crippen LogP contribution in [0.3, 0.4) is 0 Å². The molecule has 7 heteroatoms. The van der Waals surface area contributed by atoms with Crippen molar-refractivity contribution in [1.29, 1.82) is 0 Å². The average Bonchev–Trinajstić information content (AvgIpc) is 2.37. The van der Waals surface area contributed by atoms with Crippen LogP contribution in [0.15, 0.2) is 32.3 Å². The lowest BCUT2D eigenvalue weighted by molar-refractivity contribution is 0.626. The zero-order valence-electron chi connectivity index (χ0n) is 10.5. The average molecular weight is 362 g/mol. The van der Waals surface area contributed by atoms with E-state index in [4.69, 9.17) is 11.6 Å². The third-order valence-corrected chi connectivity index (χ3v) is 3.75. The molecule has 0 bridgehead atoms. The minimum Gasteiger partial charge on any atom is -0.297 e. The third-order valence-electron chi connectivity index (χ3n) is 2.80. The largest absolute Gasteiger partial charge is 0.334 e. The quantitative estimate of drug-likeness (QED) is 0.854. The molecule has 106 valence electrons. The number of H-pyrrole nitrogens is 1. The van der Waals surface area contributed by atoms with Gasteiger partial charge in [-0.05, 0) is 40.5 Å². The lowest BCUT2D eigenvalue weighted by Gasteiger charge is -2.10. The van der Waals surface area contributed by atoms with Crippen molar-refractivity contribution < 1.29 is 4.39 Å². The van der Waals surface area contributed by atoms with Crippen molar-refractivity contribution in [1.82, 2.24) is 9.55 Å². The molecule has 0 saturated carbocycles. The summed E-state index contributed by atoms with van der Waals surface area (Å²) in [5.41, 5.74) is -0.545. The Morgan fingerprint density at radius 3 is 2.70 bits per heavy atom. The number of nitrogens with one attached hydrogen (secondary N) is 1. The zero-order valence-corrected chi connectivity index (χ0v) is 12.9. The summed E-state index contributed by atoms with van der Waals surface area (Å²) in [6.07, 6.45) is 1.17. The van der Waals surface area contributed by atoms with Crippen molar-refractivity contribution in [2.24, 2.45) is 0 Å². The lowest BCUT2D eigenvalue weighted by Crippen LogP contribution is -2.36. The van der Waals surface area contributed by atoms with Crippen molar-refractivity contribution in [3.05, 3.63) is 60.0 Å². The van der Waals surface area contributed by atoms with Gasteiger partial charge >= 0.3 is 5.69 Å². The number of benzene rings is 1. The molecule has 0 amide bonds. The van der Waals surface area contributed by atoms with Crippen LogP contribution >= 0.6 is 27.5 Å². The SMILES string of the molecule is CCCc1c(Cl)[nH]c(=O)n(-c2ccc(F)cc2Br)c1=O. The van der Waals surface area contributed by atoms with Gasteiger partial charge in [-0.25, -0.2) is 13.8 Å². The van der Waals surface area contributed by atoms with Crippen LogP contribution in [0.1, 0.15) is 18.9 Å². The molecule has 0 unspecified atom stereocenters. The molecule has 0 spiro atoms. The van der Waals surface area contributed by atoms with Gasteiger partial charge in [0, 0.05) is 4.47 Å². The molecular weight excluding hydrogens is 351 g/mol. The second-order valence-electron chi connectivity index (χ2n) is 4.21. The van der Waals surface area contributed by atoms with Gasteiger partial charge in [-0.3, -0.25) is 9.78 Å². The van der Waals surface area contributed by atoms with Gasteiger partial charge in [0.25, 0.3) is 5.56 Å². The Balaban J connectivity index is 2.77. The normalized spacial score (nSPS) is 10.8. The van der Waals surface area contributed by atoms with Gasteiger partial charge in [0.2, 0.25) is 0 Å². The van der Waals surface area contributed by atoms with Gasteiger partial charge in [-0.15, -0.1) is 0 Å². The number of aromatic nitrogens is 2. The molecule has 1 aromatic heterocycles. The highest BCUT2D eigenvalue weighted by molar-refractivity contribution is 9.10. The fourth-order valence-corrected chi connectivity index (χ4v) is 2.68. The number of nitrogens with zero attached hydrogens (tertiary/aromatic N) is 1. The van der Waals surface area contributed by atoms with E-state index in [2.05, 4.69) is 20.9 Å². The molecule has 1 aromatic carbocycles. The van der Waals surface area contributed by atoms with E-state index in [1.54, 1.807) is 0 Å². The van der Waals surface area contributed by atoms with E-state index in [1.807, 2.05) is 6.92 Å². The van der Waals surface area contributed by atoms with Crippen LogP contribution in [-0.2, 0) is 6.42 Å². The Labute approximate surface area is 127 Å². The summed E-state index contributed by atoms with van der Waals surface area (Å²) < 4.78 is 14.4. The Hall–Kier alpha value is -1.40. The minimum absolute atomic E-state index is 0.0522. The maximum absolute atomic E-state index is 13.1. The van der Waals surface area contributed by atoms with Crippen LogP contribution in [0.2, 0.25) is 5.15 Å². The van der Waals surface area contributed by atoms with Crippen molar-refractivity contribution in [2.45, 2.75) is 19.8 Å². The fourth-order valence-electron chi connectivity index (χ4n) is 1.89. The van der Waals surface area contributed by atoms with Crippen LogP contribution in [0, 0.1) is 5.82 Å². The topological polar surface area (TPSA) is 54.9 Å². The van der Waals surface area contributed by atoms with Crippen LogP contribution in [0.25, 0.3) is 5.69 Å². The second kappa shape index (κ2) is 5.93. The first-order chi connectivity index (χ1) is 9.45. The third kappa shape index (κ3) is 2.71. The van der Waals surface area contributed by atoms with Crippen LogP contribution in [0.4, 0.5) is 4.39 Å². The Morgan fingerprint density at radius 1 is 1.40 bits per heavy atom. The molecule has 2 rings (SSSR count). The molecule has 1 heterocycles. The molecule has 0 atom stereocenters. The van der Waals surface area contributed by atoms with Gasteiger partial charge in [0.1, 0.15) is 11.0 Å². The molecule has 2 aromatic rings. The highest BCUT2D eigenvalue weighted by Gasteiger charge is 2.15. The molecule has 0 aliphatic carbocycles. The summed E-state index contributed by atoms with van der Waals surface area (Å²) in [7, 11) is 0. The smallest absolute Gasteiger partial charge is 0.297 e. The van der Waals surface area contributed by atoms with Crippen molar-refractivity contribution in [2.75, 3.05) is 0 Å². The molecule has 0 saturated heterocycles. The maximum Gasteiger partial charge on any atom is 0.334 e. The van der Waals surface area contributed by atoms with Gasteiger partial charge in [0.05, 0.1) is 11.3 Å². The van der Waals surface area contributed by atoms with E-state index in [0.717, 1.165) is 4.57 Å². The molecule has 0 fully saturated rings. The number of hydrogen-bond acceptors (Lipinski definition) is 2. The van der Waals surface area contributed by atoms with E-state index in [-0.39, 0.29) is 10.8 Å². The van der Waals surface area contributed by atoms with Gasteiger partial charge in [-0.2, -0.15) is 0 Å². The fraction of sp³-hybridized carbons (Fsp3) is 0.231. The first-order valence-corrected chi connectivity index (χ1v) is 7.12. The second-order valence-corrected chi connectivity index (χ2v) is 5.44. The standard InChI is InChI=1S/C13H11BrClFN2O2/c1-2-3-8-11(15)17-13(20)18(12(8)19)10-5-4-7(16)6-9(10)14/h4-6H,2-3H2,1H3,(H,17,20). The molecular formula is C13H11BrClFN2O2.